The Kier molecular flexibility index (Phi) is 6.66. The third-order valence-corrected chi connectivity index (χ3v) is 6.06. The van der Waals surface area contributed by atoms with Crippen LogP contribution in [0.25, 0.3) is 5.69 Å². The molecule has 169 valence electrons. The van der Waals surface area contributed by atoms with Crippen LogP contribution < -0.4 is 21.9 Å². The summed E-state index contributed by atoms with van der Waals surface area (Å²) in [7, 11) is 0. The van der Waals surface area contributed by atoms with Crippen LogP contribution in [-0.4, -0.2) is 53.0 Å². The van der Waals surface area contributed by atoms with Gasteiger partial charge in [-0.3, -0.25) is 23.9 Å². The number of carbonyl (C=O) groups is 2. The first-order valence-electron chi connectivity index (χ1n) is 10.8. The molecule has 1 radical (unpaired) electrons. The highest BCUT2D eigenvalue weighted by Gasteiger charge is 2.37. The van der Waals surface area contributed by atoms with Gasteiger partial charge in [0, 0.05) is 30.9 Å². The molecule has 2 aromatic rings. The number of amides is 2. The van der Waals surface area contributed by atoms with E-state index in [0.717, 1.165) is 6.54 Å². The highest BCUT2D eigenvalue weighted by atomic mass is 19.1. The first kappa shape index (κ1) is 22.2. The van der Waals surface area contributed by atoms with E-state index in [2.05, 4.69) is 10.6 Å². The lowest BCUT2D eigenvalue weighted by Crippen LogP contribution is -2.44. The summed E-state index contributed by atoms with van der Waals surface area (Å²) in [5, 5.41) is 6.03. The topological polar surface area (TPSA) is 109 Å². The number of rotatable bonds is 8. The number of aromatic nitrogens is 1. The van der Waals surface area contributed by atoms with Gasteiger partial charge in [0.2, 0.25) is 11.8 Å². The molecule has 1 saturated carbocycles. The molecule has 2 heterocycles. The number of carbonyl (C=O) groups excluding carboxylic acids is 2. The summed E-state index contributed by atoms with van der Waals surface area (Å²) in [6.07, 6.45) is 7.00. The maximum Gasteiger partial charge on any atom is 0.255 e. The Balaban J connectivity index is 1.37. The van der Waals surface area contributed by atoms with Crippen molar-refractivity contribution in [2.24, 2.45) is 11.7 Å². The fraction of sp³-hybridized carbons (Fsp3) is 0.391. The molecule has 2 aliphatic rings. The number of primary amides is 1. The second-order valence-corrected chi connectivity index (χ2v) is 8.39. The molecule has 9 heteroatoms. The maximum atomic E-state index is 14.6. The van der Waals surface area contributed by atoms with Gasteiger partial charge in [-0.25, -0.2) is 4.39 Å². The molecule has 1 saturated heterocycles. The smallest absolute Gasteiger partial charge is 0.255 e. The van der Waals surface area contributed by atoms with Gasteiger partial charge in [0.25, 0.3) is 5.56 Å². The van der Waals surface area contributed by atoms with E-state index in [1.54, 1.807) is 29.3 Å². The fourth-order valence-corrected chi connectivity index (χ4v) is 4.13. The Morgan fingerprint density at radius 1 is 1.19 bits per heavy atom. The zero-order valence-corrected chi connectivity index (χ0v) is 17.7. The van der Waals surface area contributed by atoms with Gasteiger partial charge in [0.05, 0.1) is 24.0 Å². The molecule has 2 fully saturated rings. The van der Waals surface area contributed by atoms with E-state index in [1.807, 2.05) is 6.42 Å². The van der Waals surface area contributed by atoms with Crippen molar-refractivity contribution in [2.45, 2.75) is 31.3 Å². The van der Waals surface area contributed by atoms with Crippen molar-refractivity contribution >= 4 is 17.5 Å². The fourth-order valence-electron chi connectivity index (χ4n) is 4.13. The predicted octanol–water partition coefficient (Wildman–Crippen LogP) is 1.05. The second-order valence-electron chi connectivity index (χ2n) is 8.39. The van der Waals surface area contributed by atoms with Gasteiger partial charge < -0.3 is 16.4 Å². The average molecular weight is 440 g/mol. The molecule has 2 atom stereocenters. The highest BCUT2D eigenvalue weighted by molar-refractivity contribution is 5.93. The first-order valence-corrected chi connectivity index (χ1v) is 10.8. The van der Waals surface area contributed by atoms with Crippen LogP contribution in [0.5, 0.6) is 0 Å². The molecule has 0 spiro atoms. The second kappa shape index (κ2) is 9.62. The predicted molar refractivity (Wildman–Crippen MR) is 119 cm³/mol. The molecule has 4 rings (SSSR count). The number of hydrogen-bond acceptors (Lipinski definition) is 5. The summed E-state index contributed by atoms with van der Waals surface area (Å²) in [6.45, 7) is 1.18. The molecule has 1 aliphatic carbocycles. The van der Waals surface area contributed by atoms with Crippen molar-refractivity contribution in [3.8, 4) is 5.69 Å². The number of likely N-dealkylation sites (tertiary alicyclic amines) is 1. The van der Waals surface area contributed by atoms with Gasteiger partial charge in [0.1, 0.15) is 5.82 Å². The Morgan fingerprint density at radius 3 is 2.66 bits per heavy atom. The summed E-state index contributed by atoms with van der Waals surface area (Å²) in [4.78, 5) is 38.1. The van der Waals surface area contributed by atoms with Gasteiger partial charge in [-0.15, -0.1) is 0 Å². The molecule has 32 heavy (non-hydrogen) atoms. The van der Waals surface area contributed by atoms with Gasteiger partial charge in [0.15, 0.2) is 0 Å². The summed E-state index contributed by atoms with van der Waals surface area (Å²) in [5.41, 5.74) is 5.61. The number of anilines is 1. The molecule has 8 nitrogen and oxygen atoms in total. The van der Waals surface area contributed by atoms with E-state index in [0.29, 0.717) is 18.3 Å². The first-order chi connectivity index (χ1) is 15.4. The van der Waals surface area contributed by atoms with Gasteiger partial charge in [-0.1, -0.05) is 12.5 Å². The minimum Gasteiger partial charge on any atom is -0.368 e. The van der Waals surface area contributed by atoms with E-state index >= 15 is 0 Å². The number of benzene rings is 1. The van der Waals surface area contributed by atoms with E-state index in [4.69, 9.17) is 5.73 Å². The summed E-state index contributed by atoms with van der Waals surface area (Å²) < 4.78 is 15.9. The normalized spacial score (nSPS) is 21.3. The molecule has 1 aromatic heterocycles. The number of nitrogens with zero attached hydrogens (tertiary/aromatic N) is 2. The molecule has 2 amide bonds. The summed E-state index contributed by atoms with van der Waals surface area (Å²) in [6, 6.07) is 8.71. The number of nitrogens with two attached hydrogens (primary N) is 1. The van der Waals surface area contributed by atoms with Crippen molar-refractivity contribution in [2.75, 3.05) is 25.0 Å². The average Bonchev–Trinajstić information content (AvgIpc) is 3.11. The van der Waals surface area contributed by atoms with Gasteiger partial charge >= 0.3 is 0 Å². The van der Waals surface area contributed by atoms with Gasteiger partial charge in [-0.05, 0) is 49.9 Å². The zero-order valence-electron chi connectivity index (χ0n) is 17.7. The number of hydrogen-bond donors (Lipinski definition) is 3. The van der Waals surface area contributed by atoms with E-state index in [1.165, 1.54) is 42.0 Å². The number of halogens is 1. The van der Waals surface area contributed by atoms with Crippen LogP contribution in [0.2, 0.25) is 0 Å². The van der Waals surface area contributed by atoms with Crippen LogP contribution in [-0.2, 0) is 9.59 Å². The minimum absolute atomic E-state index is 0.00438. The highest BCUT2D eigenvalue weighted by Crippen LogP contribution is 2.24. The largest absolute Gasteiger partial charge is 0.368 e. The Morgan fingerprint density at radius 2 is 2.00 bits per heavy atom. The summed E-state index contributed by atoms with van der Waals surface area (Å²) in [5.74, 6) is -1.50. The van der Waals surface area contributed by atoms with Crippen molar-refractivity contribution in [3.05, 3.63) is 65.2 Å². The van der Waals surface area contributed by atoms with Crippen LogP contribution >= 0.6 is 0 Å². The molecule has 4 N–H and O–H groups in total. The third-order valence-electron chi connectivity index (χ3n) is 6.06. The van der Waals surface area contributed by atoms with Crippen LogP contribution in [0.4, 0.5) is 10.1 Å². The molecule has 0 bridgehead atoms. The SMILES string of the molecule is NC(=O)C1[CH][C@@H](CNC2CCC2)CN1CC(=O)Nc1ccc(-n2ccccc2=O)cc1F. The molecular formula is C23H27FN5O3. The standard InChI is InChI=1S/C23H27FN5O3/c24-18-11-17(29-9-2-1-6-22(29)31)7-8-19(18)27-21(30)14-28-13-15(10-20(28)23(25)32)12-26-16-4-3-5-16/h1-2,6-11,15-16,20,26H,3-5,12-14H2,(H2,25,32)(H,27,30)/t15-,20?/m0/s1. The Hall–Kier alpha value is -3.04. The molecule has 1 unspecified atom stereocenters. The van der Waals surface area contributed by atoms with E-state index < -0.39 is 23.7 Å². The number of pyridine rings is 1. The van der Waals surface area contributed by atoms with Crippen molar-refractivity contribution in [3.63, 3.8) is 0 Å². The van der Waals surface area contributed by atoms with Crippen LogP contribution in [0, 0.1) is 18.2 Å². The van der Waals surface area contributed by atoms with Crippen LogP contribution in [0.15, 0.2) is 47.4 Å². The lowest BCUT2D eigenvalue weighted by atomic mass is 9.92. The maximum absolute atomic E-state index is 14.6. The van der Waals surface area contributed by atoms with E-state index in [-0.39, 0.29) is 23.7 Å². The van der Waals surface area contributed by atoms with E-state index in [9.17, 15) is 18.8 Å². The lowest BCUT2D eigenvalue weighted by Gasteiger charge is -2.28. The Bertz CT molecular complexity index is 1050. The molecule has 1 aromatic carbocycles. The quantitative estimate of drug-likeness (QED) is 0.569. The lowest BCUT2D eigenvalue weighted by molar-refractivity contribution is -0.123. The number of nitrogens with one attached hydrogen (secondary N) is 2. The van der Waals surface area contributed by atoms with Crippen LogP contribution in [0.3, 0.4) is 0 Å². The zero-order chi connectivity index (χ0) is 22.7. The monoisotopic (exact) mass is 440 g/mol. The van der Waals surface area contributed by atoms with Crippen molar-refractivity contribution in [1.82, 2.24) is 14.8 Å². The van der Waals surface area contributed by atoms with Gasteiger partial charge in [-0.2, -0.15) is 0 Å². The summed E-state index contributed by atoms with van der Waals surface area (Å²) >= 11 is 0. The minimum atomic E-state index is -0.659. The van der Waals surface area contributed by atoms with Crippen molar-refractivity contribution in [1.29, 1.82) is 0 Å². The molecule has 1 aliphatic heterocycles. The molecular weight excluding hydrogens is 413 g/mol. The van der Waals surface area contributed by atoms with Crippen LogP contribution in [0.1, 0.15) is 19.3 Å². The van der Waals surface area contributed by atoms with Crippen molar-refractivity contribution < 1.29 is 14.0 Å². The Labute approximate surface area is 185 Å². The third kappa shape index (κ3) is 5.05.